The Morgan fingerprint density at radius 2 is 2.08 bits per heavy atom. The zero-order valence-electron chi connectivity index (χ0n) is 12.2. The Hall–Kier alpha value is -2.68. The number of hydrogen-bond donors (Lipinski definition) is 2. The summed E-state index contributed by atoms with van der Waals surface area (Å²) in [6, 6.07) is 4.19. The van der Waals surface area contributed by atoms with Crippen molar-refractivity contribution in [1.82, 2.24) is 9.78 Å². The first kappa shape index (κ1) is 17.7. The topological polar surface area (TPSA) is 93.5 Å². The lowest BCUT2D eigenvalue weighted by molar-refractivity contribution is -0.140. The number of alkyl halides is 2. The fourth-order valence-electron chi connectivity index (χ4n) is 1.75. The van der Waals surface area contributed by atoms with Crippen LogP contribution in [0.15, 0.2) is 30.5 Å². The molecule has 2 rings (SSSR count). The predicted octanol–water partition coefficient (Wildman–Crippen LogP) is 3.04. The number of aromatic nitrogens is 2. The summed E-state index contributed by atoms with van der Waals surface area (Å²) in [5.74, 6) is -1.92. The van der Waals surface area contributed by atoms with Crippen molar-refractivity contribution in [1.29, 1.82) is 0 Å². The summed E-state index contributed by atoms with van der Waals surface area (Å²) >= 11 is 5.79. The fraction of sp³-hybridized carbons (Fsp3) is 0.214. The number of ether oxygens (including phenoxy) is 1. The molecule has 0 radical (unpaired) electrons. The standard InChI is InChI=1S/C14H12ClF2N3O4/c1-7(13(22)23)20-5-4-10(19-20)12(21)18-8-2-3-11(9(15)6-8)24-14(16)17/h2-7,14H,1H3,(H,18,21)(H,22,23). The molecule has 0 bridgehead atoms. The zero-order valence-corrected chi connectivity index (χ0v) is 13.0. The van der Waals surface area contributed by atoms with Crippen molar-refractivity contribution in [3.8, 4) is 5.75 Å². The van der Waals surface area contributed by atoms with Gasteiger partial charge in [0.15, 0.2) is 5.69 Å². The Balaban J connectivity index is 2.10. The normalized spacial score (nSPS) is 12.0. The van der Waals surface area contributed by atoms with Gasteiger partial charge in [0.05, 0.1) is 5.02 Å². The van der Waals surface area contributed by atoms with E-state index in [4.69, 9.17) is 16.7 Å². The van der Waals surface area contributed by atoms with Crippen LogP contribution >= 0.6 is 11.6 Å². The van der Waals surface area contributed by atoms with Crippen LogP contribution in [0.5, 0.6) is 5.75 Å². The smallest absolute Gasteiger partial charge is 0.387 e. The first-order chi connectivity index (χ1) is 11.3. The van der Waals surface area contributed by atoms with E-state index in [1.54, 1.807) is 0 Å². The van der Waals surface area contributed by atoms with Gasteiger partial charge in [0, 0.05) is 11.9 Å². The molecule has 1 aromatic carbocycles. The number of rotatable bonds is 6. The van der Waals surface area contributed by atoms with Gasteiger partial charge in [0.2, 0.25) is 0 Å². The van der Waals surface area contributed by atoms with Crippen LogP contribution in [0, 0.1) is 0 Å². The maximum atomic E-state index is 12.2. The highest BCUT2D eigenvalue weighted by Crippen LogP contribution is 2.29. The van der Waals surface area contributed by atoms with Crippen LogP contribution in [0.3, 0.4) is 0 Å². The first-order valence-electron chi connectivity index (χ1n) is 6.61. The maximum Gasteiger partial charge on any atom is 0.387 e. The molecule has 1 atom stereocenters. The van der Waals surface area contributed by atoms with E-state index in [0.29, 0.717) is 0 Å². The minimum atomic E-state index is -3.01. The molecule has 0 saturated heterocycles. The minimum absolute atomic E-state index is 0.00729. The number of anilines is 1. The number of benzene rings is 1. The van der Waals surface area contributed by atoms with Gasteiger partial charge < -0.3 is 15.2 Å². The lowest BCUT2D eigenvalue weighted by Crippen LogP contribution is -2.18. The number of aliphatic carboxylic acids is 1. The highest BCUT2D eigenvalue weighted by atomic mass is 35.5. The average molecular weight is 360 g/mol. The molecule has 2 aromatic rings. The molecule has 7 nitrogen and oxygen atoms in total. The number of carbonyl (C=O) groups is 2. The van der Waals surface area contributed by atoms with Crippen LogP contribution < -0.4 is 10.1 Å². The molecule has 0 fully saturated rings. The average Bonchev–Trinajstić information content (AvgIpc) is 2.98. The number of carboxylic acid groups (broad SMARTS) is 1. The van der Waals surface area contributed by atoms with Crippen LogP contribution in [0.4, 0.5) is 14.5 Å². The van der Waals surface area contributed by atoms with Crippen molar-refractivity contribution in [3.05, 3.63) is 41.2 Å². The summed E-state index contributed by atoms with van der Waals surface area (Å²) in [7, 11) is 0. The van der Waals surface area contributed by atoms with Crippen LogP contribution in [0.2, 0.25) is 5.02 Å². The summed E-state index contributed by atoms with van der Waals surface area (Å²) in [5, 5.41) is 15.1. The minimum Gasteiger partial charge on any atom is -0.480 e. The molecule has 0 aliphatic heterocycles. The van der Waals surface area contributed by atoms with Gasteiger partial charge in [-0.3, -0.25) is 9.48 Å². The molecule has 128 valence electrons. The van der Waals surface area contributed by atoms with Crippen molar-refractivity contribution in [2.24, 2.45) is 0 Å². The molecule has 0 aliphatic rings. The van der Waals surface area contributed by atoms with Crippen LogP contribution in [0.25, 0.3) is 0 Å². The third-order valence-electron chi connectivity index (χ3n) is 3.00. The molecule has 1 heterocycles. The van der Waals surface area contributed by atoms with Crippen molar-refractivity contribution >= 4 is 29.2 Å². The molecule has 0 spiro atoms. The van der Waals surface area contributed by atoms with Crippen LogP contribution in [-0.2, 0) is 4.79 Å². The van der Waals surface area contributed by atoms with E-state index in [1.807, 2.05) is 0 Å². The lowest BCUT2D eigenvalue weighted by Gasteiger charge is -2.09. The van der Waals surface area contributed by atoms with Gasteiger partial charge in [0.1, 0.15) is 11.8 Å². The molecular weight excluding hydrogens is 348 g/mol. The number of nitrogens with one attached hydrogen (secondary N) is 1. The summed E-state index contributed by atoms with van der Waals surface area (Å²) in [5.41, 5.74) is 0.236. The van der Waals surface area contributed by atoms with E-state index >= 15 is 0 Å². The zero-order chi connectivity index (χ0) is 17.9. The first-order valence-corrected chi connectivity index (χ1v) is 6.99. The van der Waals surface area contributed by atoms with Crippen molar-refractivity contribution in [2.75, 3.05) is 5.32 Å². The second kappa shape index (κ2) is 7.26. The Morgan fingerprint density at radius 3 is 2.67 bits per heavy atom. The van der Waals surface area contributed by atoms with Crippen molar-refractivity contribution in [3.63, 3.8) is 0 Å². The summed E-state index contributed by atoms with van der Waals surface area (Å²) in [6.45, 7) is -1.60. The Labute approximate surface area is 139 Å². The van der Waals surface area contributed by atoms with Gasteiger partial charge >= 0.3 is 12.6 Å². The van der Waals surface area contributed by atoms with Crippen molar-refractivity contribution in [2.45, 2.75) is 19.6 Å². The van der Waals surface area contributed by atoms with Gasteiger partial charge in [-0.1, -0.05) is 11.6 Å². The quantitative estimate of drug-likeness (QED) is 0.826. The van der Waals surface area contributed by atoms with E-state index < -0.39 is 24.5 Å². The van der Waals surface area contributed by atoms with E-state index in [0.717, 1.165) is 4.68 Å². The molecule has 24 heavy (non-hydrogen) atoms. The Morgan fingerprint density at radius 1 is 1.38 bits per heavy atom. The summed E-state index contributed by atoms with van der Waals surface area (Å²) < 4.78 is 29.6. The molecular formula is C14H12ClF2N3O4. The summed E-state index contributed by atoms with van der Waals surface area (Å²) in [6.07, 6.45) is 1.36. The Kier molecular flexibility index (Phi) is 5.35. The van der Waals surface area contributed by atoms with Gasteiger partial charge in [0.25, 0.3) is 5.91 Å². The Bertz CT molecular complexity index is 766. The third-order valence-corrected chi connectivity index (χ3v) is 3.30. The third kappa shape index (κ3) is 4.19. The molecule has 1 aromatic heterocycles. The largest absolute Gasteiger partial charge is 0.480 e. The van der Waals surface area contributed by atoms with Gasteiger partial charge in [-0.25, -0.2) is 4.79 Å². The number of amides is 1. The van der Waals surface area contributed by atoms with E-state index in [1.165, 1.54) is 37.4 Å². The number of halogens is 3. The summed E-state index contributed by atoms with van der Waals surface area (Å²) in [4.78, 5) is 22.9. The molecule has 1 unspecified atom stereocenters. The molecule has 2 N–H and O–H groups in total. The highest BCUT2D eigenvalue weighted by molar-refractivity contribution is 6.32. The molecule has 1 amide bonds. The maximum absolute atomic E-state index is 12.2. The van der Waals surface area contributed by atoms with E-state index in [2.05, 4.69) is 15.2 Å². The number of carboxylic acids is 1. The predicted molar refractivity (Wildman–Crippen MR) is 80.6 cm³/mol. The fourth-order valence-corrected chi connectivity index (χ4v) is 1.98. The highest BCUT2D eigenvalue weighted by Gasteiger charge is 2.17. The van der Waals surface area contributed by atoms with Crippen LogP contribution in [0.1, 0.15) is 23.5 Å². The van der Waals surface area contributed by atoms with Gasteiger partial charge in [-0.15, -0.1) is 0 Å². The van der Waals surface area contributed by atoms with Crippen molar-refractivity contribution < 1.29 is 28.2 Å². The molecule has 0 aliphatic carbocycles. The van der Waals surface area contributed by atoms with Gasteiger partial charge in [-0.2, -0.15) is 13.9 Å². The van der Waals surface area contributed by atoms with Gasteiger partial charge in [-0.05, 0) is 31.2 Å². The second-order valence-corrected chi connectivity index (χ2v) is 5.08. The molecule has 0 saturated carbocycles. The number of nitrogens with zero attached hydrogens (tertiary/aromatic N) is 2. The van der Waals surface area contributed by atoms with E-state index in [-0.39, 0.29) is 22.2 Å². The van der Waals surface area contributed by atoms with Crippen LogP contribution in [-0.4, -0.2) is 33.4 Å². The second-order valence-electron chi connectivity index (χ2n) is 4.67. The van der Waals surface area contributed by atoms with E-state index in [9.17, 15) is 18.4 Å². The monoisotopic (exact) mass is 359 g/mol. The lowest BCUT2D eigenvalue weighted by atomic mass is 10.3. The molecule has 10 heteroatoms. The number of carbonyl (C=O) groups excluding carboxylic acids is 1. The SMILES string of the molecule is CC(C(=O)O)n1ccc(C(=O)Nc2ccc(OC(F)F)c(Cl)c2)n1. The number of hydrogen-bond acceptors (Lipinski definition) is 4.